The van der Waals surface area contributed by atoms with Crippen LogP contribution in [-0.2, 0) is 9.57 Å². The molecule has 0 spiro atoms. The molecule has 0 aliphatic rings. The van der Waals surface area contributed by atoms with Crippen molar-refractivity contribution in [2.75, 3.05) is 26.4 Å². The fourth-order valence-corrected chi connectivity index (χ4v) is 2.95. The minimum Gasteiger partial charge on any atom is -0.490 e. The van der Waals surface area contributed by atoms with Gasteiger partial charge in [0.05, 0.1) is 28.9 Å². The number of unbranched alkanes of at least 4 members (excludes halogenated alkanes) is 3. The second kappa shape index (κ2) is 15.9. The molecule has 0 radical (unpaired) electrons. The molecule has 1 rings (SSSR count). The molecule has 176 valence electrons. The summed E-state index contributed by atoms with van der Waals surface area (Å²) in [5.41, 5.74) is 2.55. The first-order chi connectivity index (χ1) is 14.7. The summed E-state index contributed by atoms with van der Waals surface area (Å²) in [5.74, 6) is 0.973. The Balaban J connectivity index is 2.12. The first-order valence-corrected chi connectivity index (χ1v) is 11.6. The highest BCUT2D eigenvalue weighted by molar-refractivity contribution is 6.55. The predicted molar refractivity (Wildman–Crippen MR) is 130 cm³/mol. The number of benzene rings is 1. The number of nitrogens with one attached hydrogen (secondary N) is 1. The minimum atomic E-state index is -0.222. The summed E-state index contributed by atoms with van der Waals surface area (Å²) in [6, 6.07) is 3.30. The van der Waals surface area contributed by atoms with Gasteiger partial charge in [-0.3, -0.25) is 10.3 Å². The Morgan fingerprint density at radius 3 is 2.19 bits per heavy atom. The van der Waals surface area contributed by atoms with E-state index in [2.05, 4.69) is 5.48 Å². The summed E-state index contributed by atoms with van der Waals surface area (Å²) in [7, 11) is 0. The molecule has 1 aromatic rings. The van der Waals surface area contributed by atoms with Gasteiger partial charge in [0.15, 0.2) is 5.75 Å². The first kappa shape index (κ1) is 28.2. The monoisotopic (exact) mass is 513 g/mol. The number of rotatable bonds is 15. The van der Waals surface area contributed by atoms with Gasteiger partial charge in [0.1, 0.15) is 16.8 Å². The molecular formula is C22H31Cl4NO4. The van der Waals surface area contributed by atoms with Crippen LogP contribution in [0.4, 0.5) is 0 Å². The van der Waals surface area contributed by atoms with E-state index in [1.807, 2.05) is 26.8 Å². The highest BCUT2D eigenvalue weighted by Gasteiger charge is 2.11. The van der Waals surface area contributed by atoms with E-state index in [-0.39, 0.29) is 16.7 Å². The molecule has 1 N–H and O–H groups in total. The van der Waals surface area contributed by atoms with E-state index >= 15 is 0 Å². The van der Waals surface area contributed by atoms with Crippen molar-refractivity contribution in [3.05, 3.63) is 45.0 Å². The second-order valence-corrected chi connectivity index (χ2v) is 9.42. The van der Waals surface area contributed by atoms with Gasteiger partial charge in [-0.25, -0.2) is 0 Å². The Hall–Kier alpha value is -0.820. The molecule has 0 saturated carbocycles. The largest absolute Gasteiger partial charge is 0.490 e. The van der Waals surface area contributed by atoms with E-state index in [4.69, 9.17) is 65.5 Å². The van der Waals surface area contributed by atoms with E-state index in [9.17, 15) is 0 Å². The lowest BCUT2D eigenvalue weighted by Gasteiger charge is -2.17. The van der Waals surface area contributed by atoms with Crippen LogP contribution in [0.1, 0.15) is 46.5 Å². The summed E-state index contributed by atoms with van der Waals surface area (Å²) in [6.45, 7) is 7.95. The van der Waals surface area contributed by atoms with Crippen LogP contribution < -0.4 is 15.0 Å². The van der Waals surface area contributed by atoms with Gasteiger partial charge in [-0.05, 0) is 52.2 Å². The molecule has 0 saturated heterocycles. The molecule has 0 aliphatic heterocycles. The van der Waals surface area contributed by atoms with Gasteiger partial charge in [0.2, 0.25) is 0 Å². The van der Waals surface area contributed by atoms with Gasteiger partial charge < -0.3 is 14.2 Å². The molecule has 0 aromatic heterocycles. The van der Waals surface area contributed by atoms with Gasteiger partial charge in [0.25, 0.3) is 0 Å². The van der Waals surface area contributed by atoms with Gasteiger partial charge in [-0.15, -0.1) is 0 Å². The van der Waals surface area contributed by atoms with Gasteiger partial charge in [0, 0.05) is 24.9 Å². The van der Waals surface area contributed by atoms with E-state index in [1.165, 1.54) is 6.08 Å². The average molecular weight is 515 g/mol. The van der Waals surface area contributed by atoms with Crippen molar-refractivity contribution in [3.63, 3.8) is 0 Å². The lowest BCUT2D eigenvalue weighted by molar-refractivity contribution is -0.0524. The zero-order valence-electron chi connectivity index (χ0n) is 18.2. The Morgan fingerprint density at radius 2 is 1.58 bits per heavy atom. The molecule has 0 heterocycles. The molecule has 0 atom stereocenters. The van der Waals surface area contributed by atoms with Crippen LogP contribution in [0, 0.1) is 0 Å². The number of halogens is 4. The van der Waals surface area contributed by atoms with Crippen LogP contribution >= 0.6 is 46.4 Å². The zero-order valence-corrected chi connectivity index (χ0v) is 21.2. The van der Waals surface area contributed by atoms with Gasteiger partial charge in [-0.2, -0.15) is 0 Å². The van der Waals surface area contributed by atoms with E-state index in [1.54, 1.807) is 18.3 Å². The van der Waals surface area contributed by atoms with E-state index < -0.39 is 0 Å². The van der Waals surface area contributed by atoms with Gasteiger partial charge >= 0.3 is 0 Å². The lowest BCUT2D eigenvalue weighted by Crippen LogP contribution is -2.25. The van der Waals surface area contributed by atoms with Crippen molar-refractivity contribution >= 4 is 46.4 Å². The maximum absolute atomic E-state index is 6.25. The first-order valence-electron chi connectivity index (χ1n) is 10.1. The van der Waals surface area contributed by atoms with Crippen LogP contribution in [0.3, 0.4) is 0 Å². The smallest absolute Gasteiger partial charge is 0.156 e. The molecule has 31 heavy (non-hydrogen) atoms. The maximum atomic E-state index is 6.25. The molecule has 9 heteroatoms. The van der Waals surface area contributed by atoms with Crippen LogP contribution in [0.2, 0.25) is 10.0 Å². The molecular weight excluding hydrogens is 484 g/mol. The zero-order chi connectivity index (χ0) is 23.1. The van der Waals surface area contributed by atoms with Crippen LogP contribution in [-0.4, -0.2) is 32.0 Å². The third-order valence-corrected chi connectivity index (χ3v) is 4.52. The Bertz CT molecular complexity index is 678. The number of hydroxylamine groups is 1. The number of hydrogen-bond donors (Lipinski definition) is 1. The summed E-state index contributed by atoms with van der Waals surface area (Å²) in [5, 5.41) is 0.791. The minimum absolute atomic E-state index is 0.138. The highest BCUT2D eigenvalue weighted by Crippen LogP contribution is 2.37. The van der Waals surface area contributed by atoms with Crippen molar-refractivity contribution < 1.29 is 19.0 Å². The maximum Gasteiger partial charge on any atom is 0.156 e. The Kier molecular flexibility index (Phi) is 14.5. The molecule has 0 aliphatic carbocycles. The van der Waals surface area contributed by atoms with Crippen molar-refractivity contribution in [1.29, 1.82) is 0 Å². The number of hydrogen-bond acceptors (Lipinski definition) is 5. The standard InChI is InChI=1S/C22H31Cl4NO4/c1-22(2,3)31-27-10-8-12-28-11-6-4-5-7-13-30-21-18(23)15-17(16-19(21)24)29-14-9-20(25)26/h8-10,15-16,27H,4-7,11-14H2,1-3H3. The van der Waals surface area contributed by atoms with Crippen LogP contribution in [0.5, 0.6) is 11.5 Å². The molecule has 5 nitrogen and oxygen atoms in total. The second-order valence-electron chi connectivity index (χ2n) is 7.59. The molecule has 1 aromatic carbocycles. The topological polar surface area (TPSA) is 49.0 Å². The van der Waals surface area contributed by atoms with Crippen LogP contribution in [0.25, 0.3) is 0 Å². The summed E-state index contributed by atoms with van der Waals surface area (Å²) < 4.78 is 16.9. The summed E-state index contributed by atoms with van der Waals surface area (Å²) in [6.07, 6.45) is 9.13. The average Bonchev–Trinajstić information content (AvgIpc) is 2.66. The van der Waals surface area contributed by atoms with Crippen molar-refractivity contribution in [1.82, 2.24) is 5.48 Å². The Labute approximate surface area is 205 Å². The summed E-state index contributed by atoms with van der Waals surface area (Å²) in [4.78, 5) is 5.35. The van der Waals surface area contributed by atoms with E-state index in [0.717, 1.165) is 25.7 Å². The SMILES string of the molecule is CC(C)(C)ONC=CCOCCCCCCOc1c(Cl)cc(OCC=C(Cl)Cl)cc1Cl. The molecule has 0 fully saturated rings. The van der Waals surface area contributed by atoms with Crippen molar-refractivity contribution in [3.8, 4) is 11.5 Å². The highest BCUT2D eigenvalue weighted by atomic mass is 35.5. The fourth-order valence-electron chi connectivity index (χ4n) is 2.25. The predicted octanol–water partition coefficient (Wildman–Crippen LogP) is 7.48. The fraction of sp³-hybridized carbons (Fsp3) is 0.545. The molecule has 0 amide bonds. The Morgan fingerprint density at radius 1 is 0.935 bits per heavy atom. The van der Waals surface area contributed by atoms with Gasteiger partial charge in [-0.1, -0.05) is 52.8 Å². The van der Waals surface area contributed by atoms with Crippen molar-refractivity contribution in [2.45, 2.75) is 52.1 Å². The summed E-state index contributed by atoms with van der Waals surface area (Å²) >= 11 is 23.6. The third kappa shape index (κ3) is 14.8. The van der Waals surface area contributed by atoms with Crippen molar-refractivity contribution in [2.24, 2.45) is 0 Å². The lowest BCUT2D eigenvalue weighted by atomic mass is 10.2. The van der Waals surface area contributed by atoms with E-state index in [0.29, 0.717) is 41.4 Å². The van der Waals surface area contributed by atoms with Crippen LogP contribution in [0.15, 0.2) is 35.0 Å². The number of ether oxygens (including phenoxy) is 3. The normalized spacial score (nSPS) is 11.6. The molecule has 0 unspecified atom stereocenters. The quantitative estimate of drug-likeness (QED) is 0.194. The molecule has 0 bridgehead atoms. The third-order valence-electron chi connectivity index (χ3n) is 3.65.